The Morgan fingerprint density at radius 3 is 2.19 bits per heavy atom. The molecule has 10 nitrogen and oxygen atoms in total. The quantitative estimate of drug-likeness (QED) is 0.230. The third kappa shape index (κ3) is 11.6. The molecule has 4 N–H and O–H groups in total. The molecule has 10 heteroatoms. The van der Waals surface area contributed by atoms with Crippen LogP contribution in [0.4, 0.5) is 10.5 Å². The molecule has 4 amide bonds. The molecule has 0 aliphatic rings. The van der Waals surface area contributed by atoms with Crippen LogP contribution in [0.1, 0.15) is 89.0 Å². The number of carbonyl (C=O) groups excluding carboxylic acids is 4. The molecule has 0 fully saturated rings. The van der Waals surface area contributed by atoms with E-state index >= 15 is 0 Å². The van der Waals surface area contributed by atoms with Crippen molar-refractivity contribution in [3.8, 4) is 5.75 Å². The summed E-state index contributed by atoms with van der Waals surface area (Å²) < 4.78 is 10.6. The van der Waals surface area contributed by atoms with Crippen LogP contribution in [0.2, 0.25) is 0 Å². The number of hydrogen-bond donors (Lipinski definition) is 3. The van der Waals surface area contributed by atoms with Gasteiger partial charge in [0.15, 0.2) is 0 Å². The van der Waals surface area contributed by atoms with Crippen LogP contribution in [0.3, 0.4) is 0 Å². The number of ether oxygens (including phenoxy) is 2. The zero-order chi connectivity index (χ0) is 32.2. The monoisotopic (exact) mass is 596 g/mol. The lowest BCUT2D eigenvalue weighted by Gasteiger charge is -2.35. The summed E-state index contributed by atoms with van der Waals surface area (Å²) in [7, 11) is 1.56. The van der Waals surface area contributed by atoms with E-state index < -0.39 is 41.5 Å². The molecular weight excluding hydrogens is 548 g/mol. The second kappa shape index (κ2) is 16.5. The van der Waals surface area contributed by atoms with Gasteiger partial charge in [-0.3, -0.25) is 14.4 Å². The predicted molar refractivity (Wildman–Crippen MR) is 168 cm³/mol. The van der Waals surface area contributed by atoms with Gasteiger partial charge in [-0.1, -0.05) is 44.4 Å². The zero-order valence-corrected chi connectivity index (χ0v) is 26.6. The maximum Gasteiger partial charge on any atom is 0.408 e. The number of unbranched alkanes of at least 4 members (excludes halogenated alkanes) is 3. The lowest BCUT2D eigenvalue weighted by atomic mass is 9.97. The fraction of sp³-hybridized carbons (Fsp3) is 0.515. The van der Waals surface area contributed by atoms with Gasteiger partial charge >= 0.3 is 6.09 Å². The van der Waals surface area contributed by atoms with Crippen molar-refractivity contribution in [2.24, 2.45) is 5.73 Å². The molecule has 0 heterocycles. The van der Waals surface area contributed by atoms with Gasteiger partial charge in [0.05, 0.1) is 7.11 Å². The Hall–Kier alpha value is -4.08. The van der Waals surface area contributed by atoms with Gasteiger partial charge in [-0.05, 0) is 88.4 Å². The molecule has 236 valence electrons. The summed E-state index contributed by atoms with van der Waals surface area (Å²) in [5.41, 5.74) is 7.79. The minimum atomic E-state index is -1.14. The molecular formula is C33H48N4O6. The van der Waals surface area contributed by atoms with Crippen molar-refractivity contribution in [1.82, 2.24) is 10.2 Å². The van der Waals surface area contributed by atoms with Crippen molar-refractivity contribution >= 4 is 29.5 Å². The molecule has 0 bridgehead atoms. The highest BCUT2D eigenvalue weighted by Gasteiger charge is 2.36. The first-order valence-corrected chi connectivity index (χ1v) is 14.9. The minimum absolute atomic E-state index is 0.0430. The number of nitrogens with two attached hydrogens (primary N) is 1. The second-order valence-electron chi connectivity index (χ2n) is 11.8. The number of primary amides is 1. The number of carbonyl (C=O) groups is 4. The second-order valence-corrected chi connectivity index (χ2v) is 11.8. The highest BCUT2D eigenvalue weighted by molar-refractivity contribution is 5.99. The summed E-state index contributed by atoms with van der Waals surface area (Å²) in [6.07, 6.45) is 2.48. The van der Waals surface area contributed by atoms with Crippen LogP contribution < -0.4 is 21.1 Å². The SMILES string of the molecule is CCCCCCN(C(=O)C(CCC(N)=O)NC(=O)OC(C)(C)C)C(C(=O)Nc1ccc(OC)cc1)c1ccc(C)c(C)c1. The Bertz CT molecular complexity index is 1240. The van der Waals surface area contributed by atoms with Gasteiger partial charge in [-0.2, -0.15) is 0 Å². The van der Waals surface area contributed by atoms with E-state index in [0.717, 1.165) is 30.4 Å². The van der Waals surface area contributed by atoms with Gasteiger partial charge in [0.2, 0.25) is 11.8 Å². The van der Waals surface area contributed by atoms with Crippen molar-refractivity contribution < 1.29 is 28.7 Å². The normalized spacial score (nSPS) is 12.5. The Balaban J connectivity index is 2.58. The van der Waals surface area contributed by atoms with Gasteiger partial charge in [0.25, 0.3) is 5.91 Å². The van der Waals surface area contributed by atoms with Gasteiger partial charge in [-0.15, -0.1) is 0 Å². The Morgan fingerprint density at radius 1 is 0.953 bits per heavy atom. The highest BCUT2D eigenvalue weighted by Crippen LogP contribution is 2.28. The molecule has 2 aromatic carbocycles. The Kier molecular flexibility index (Phi) is 13.5. The number of nitrogens with one attached hydrogen (secondary N) is 2. The molecule has 0 aromatic heterocycles. The number of amides is 4. The maximum atomic E-state index is 14.3. The minimum Gasteiger partial charge on any atom is -0.497 e. The van der Waals surface area contributed by atoms with Gasteiger partial charge < -0.3 is 30.7 Å². The highest BCUT2D eigenvalue weighted by atomic mass is 16.6. The summed E-state index contributed by atoms with van der Waals surface area (Å²) in [6, 6.07) is 10.4. The number of hydrogen-bond acceptors (Lipinski definition) is 6. The van der Waals surface area contributed by atoms with Crippen molar-refractivity contribution in [2.75, 3.05) is 19.0 Å². The fourth-order valence-corrected chi connectivity index (χ4v) is 4.56. The number of benzene rings is 2. The molecule has 0 saturated heterocycles. The number of alkyl carbamates (subject to hydrolysis) is 1. The molecule has 2 aromatic rings. The Morgan fingerprint density at radius 2 is 1.63 bits per heavy atom. The molecule has 2 unspecified atom stereocenters. The van der Waals surface area contributed by atoms with E-state index in [1.165, 1.54) is 4.90 Å². The smallest absolute Gasteiger partial charge is 0.408 e. The topological polar surface area (TPSA) is 140 Å². The van der Waals surface area contributed by atoms with E-state index in [2.05, 4.69) is 17.6 Å². The van der Waals surface area contributed by atoms with Crippen LogP contribution in [0.5, 0.6) is 5.75 Å². The lowest BCUT2D eigenvalue weighted by molar-refractivity contribution is -0.141. The van der Waals surface area contributed by atoms with Gasteiger partial charge in [-0.25, -0.2) is 4.79 Å². The molecule has 43 heavy (non-hydrogen) atoms. The number of aryl methyl sites for hydroxylation is 2. The van der Waals surface area contributed by atoms with Crippen LogP contribution in [-0.4, -0.2) is 54.0 Å². The molecule has 0 radical (unpaired) electrons. The number of anilines is 1. The molecule has 0 aliphatic heterocycles. The van der Waals surface area contributed by atoms with Gasteiger partial charge in [0.1, 0.15) is 23.4 Å². The molecule has 0 saturated carbocycles. The van der Waals surface area contributed by atoms with Gasteiger partial charge in [0, 0.05) is 18.7 Å². The third-order valence-corrected chi connectivity index (χ3v) is 6.97. The summed E-state index contributed by atoms with van der Waals surface area (Å²) in [5.74, 6) is -0.886. The largest absolute Gasteiger partial charge is 0.497 e. The van der Waals surface area contributed by atoms with Crippen LogP contribution in [-0.2, 0) is 19.1 Å². The molecule has 2 rings (SSSR count). The van der Waals surface area contributed by atoms with E-state index in [9.17, 15) is 19.2 Å². The maximum absolute atomic E-state index is 14.3. The van der Waals surface area contributed by atoms with E-state index in [4.69, 9.17) is 15.2 Å². The van der Waals surface area contributed by atoms with Crippen molar-refractivity contribution in [2.45, 2.75) is 97.8 Å². The number of methoxy groups -OCH3 is 1. The van der Waals surface area contributed by atoms with Crippen molar-refractivity contribution in [1.29, 1.82) is 0 Å². The summed E-state index contributed by atoms with van der Waals surface area (Å²) in [4.78, 5) is 54.4. The fourth-order valence-electron chi connectivity index (χ4n) is 4.56. The average Bonchev–Trinajstić information content (AvgIpc) is 2.93. The van der Waals surface area contributed by atoms with Crippen molar-refractivity contribution in [3.63, 3.8) is 0 Å². The number of rotatable bonds is 15. The van der Waals surface area contributed by atoms with Crippen LogP contribution in [0, 0.1) is 13.8 Å². The lowest BCUT2D eigenvalue weighted by Crippen LogP contribution is -2.52. The average molecular weight is 597 g/mol. The van der Waals surface area contributed by atoms with Crippen LogP contribution >= 0.6 is 0 Å². The summed E-state index contributed by atoms with van der Waals surface area (Å²) >= 11 is 0. The standard InChI is InChI=1S/C33H48N4O6/c1-8-9-10-11-20-37(31(40)27(18-19-28(34)38)36-32(41)43-33(4,5)6)29(24-13-12-22(2)23(3)21-24)30(39)35-25-14-16-26(42-7)17-15-25/h12-17,21,27,29H,8-11,18-20H2,1-7H3,(H2,34,38)(H,35,39)(H,36,41). The van der Waals surface area contributed by atoms with E-state index in [1.54, 1.807) is 52.1 Å². The van der Waals surface area contributed by atoms with Crippen LogP contribution in [0.15, 0.2) is 42.5 Å². The molecule has 2 atom stereocenters. The predicted octanol–water partition coefficient (Wildman–Crippen LogP) is 5.56. The van der Waals surface area contributed by atoms with Crippen LogP contribution in [0.25, 0.3) is 0 Å². The first-order chi connectivity index (χ1) is 20.2. The van der Waals surface area contributed by atoms with Crippen molar-refractivity contribution in [3.05, 3.63) is 59.2 Å². The Labute approximate surface area is 255 Å². The number of nitrogens with zero attached hydrogens (tertiary/aromatic N) is 1. The summed E-state index contributed by atoms with van der Waals surface area (Å²) in [6.45, 7) is 11.4. The first-order valence-electron chi connectivity index (χ1n) is 14.9. The van der Waals surface area contributed by atoms with E-state index in [0.29, 0.717) is 23.4 Å². The molecule has 0 spiro atoms. The summed E-state index contributed by atoms with van der Waals surface area (Å²) in [5, 5.41) is 5.58. The van der Waals surface area contributed by atoms with E-state index in [-0.39, 0.29) is 19.4 Å². The third-order valence-electron chi connectivity index (χ3n) is 6.97. The molecule has 0 aliphatic carbocycles. The zero-order valence-electron chi connectivity index (χ0n) is 26.6. The van der Waals surface area contributed by atoms with E-state index in [1.807, 2.05) is 32.0 Å². The first kappa shape index (κ1) is 35.1.